The molecule has 0 aliphatic rings. The lowest BCUT2D eigenvalue weighted by Crippen LogP contribution is -1.97. The third kappa shape index (κ3) is 2.80. The van der Waals surface area contributed by atoms with E-state index < -0.39 is 0 Å². The van der Waals surface area contributed by atoms with Crippen LogP contribution in [0.5, 0.6) is 5.75 Å². The summed E-state index contributed by atoms with van der Waals surface area (Å²) in [7, 11) is 0. The molecular formula is C19H21N3O. The molecule has 2 heterocycles. The fourth-order valence-corrected chi connectivity index (χ4v) is 2.53. The van der Waals surface area contributed by atoms with Crippen LogP contribution in [-0.2, 0) is 0 Å². The number of hydrogen-bond donors (Lipinski definition) is 1. The number of ether oxygens (including phenoxy) is 1. The minimum atomic E-state index is 0.530. The van der Waals surface area contributed by atoms with Crippen LogP contribution in [0.4, 0.5) is 5.69 Å². The van der Waals surface area contributed by atoms with Gasteiger partial charge >= 0.3 is 0 Å². The number of hydrogen-bond acceptors (Lipinski definition) is 3. The van der Waals surface area contributed by atoms with Gasteiger partial charge in [-0.3, -0.25) is 0 Å². The zero-order valence-corrected chi connectivity index (χ0v) is 13.8. The summed E-state index contributed by atoms with van der Waals surface area (Å²) in [5.74, 6) is 0.827. The van der Waals surface area contributed by atoms with E-state index in [1.54, 1.807) is 0 Å². The predicted molar refractivity (Wildman–Crippen MR) is 94.8 cm³/mol. The van der Waals surface area contributed by atoms with Crippen molar-refractivity contribution in [2.45, 2.75) is 20.8 Å². The van der Waals surface area contributed by atoms with Gasteiger partial charge in [0.2, 0.25) is 0 Å². The predicted octanol–water partition coefficient (Wildman–Crippen LogP) is 4.16. The van der Waals surface area contributed by atoms with Crippen molar-refractivity contribution in [2.24, 2.45) is 0 Å². The number of imidazole rings is 1. The summed E-state index contributed by atoms with van der Waals surface area (Å²) in [5, 5.41) is 0. The Bertz CT molecular complexity index is 876. The smallest absolute Gasteiger partial charge is 0.161 e. The Hall–Kier alpha value is -2.75. The van der Waals surface area contributed by atoms with Crippen LogP contribution in [-0.4, -0.2) is 16.0 Å². The molecule has 0 aliphatic carbocycles. The topological polar surface area (TPSA) is 52.5 Å². The molecule has 0 radical (unpaired) electrons. The van der Waals surface area contributed by atoms with Gasteiger partial charge in [-0.25, -0.2) is 4.98 Å². The summed E-state index contributed by atoms with van der Waals surface area (Å²) < 4.78 is 7.67. The number of benzene rings is 1. The van der Waals surface area contributed by atoms with E-state index >= 15 is 0 Å². The summed E-state index contributed by atoms with van der Waals surface area (Å²) in [6, 6.07) is 9.96. The van der Waals surface area contributed by atoms with Gasteiger partial charge in [0.1, 0.15) is 12.4 Å². The highest BCUT2D eigenvalue weighted by Gasteiger charge is 2.13. The molecule has 2 N–H and O–H groups in total. The van der Waals surface area contributed by atoms with Crippen molar-refractivity contribution in [1.82, 2.24) is 9.38 Å². The highest BCUT2D eigenvalue weighted by Crippen LogP contribution is 2.28. The molecule has 0 atom stereocenters. The monoisotopic (exact) mass is 307 g/mol. The van der Waals surface area contributed by atoms with E-state index in [2.05, 4.69) is 13.5 Å². The Kier molecular flexibility index (Phi) is 3.82. The maximum atomic E-state index is 6.16. The molecular weight excluding hydrogens is 286 g/mol. The Balaban J connectivity index is 1.98. The second kappa shape index (κ2) is 5.80. The number of nitrogens with zero attached hydrogens (tertiary/aromatic N) is 2. The van der Waals surface area contributed by atoms with E-state index in [4.69, 9.17) is 15.5 Å². The molecule has 1 aromatic carbocycles. The number of aromatic nitrogens is 2. The third-order valence-corrected chi connectivity index (χ3v) is 3.90. The van der Waals surface area contributed by atoms with E-state index in [9.17, 15) is 0 Å². The van der Waals surface area contributed by atoms with Crippen LogP contribution in [0.1, 0.15) is 18.2 Å². The average Bonchev–Trinajstić information content (AvgIpc) is 2.87. The summed E-state index contributed by atoms with van der Waals surface area (Å²) in [6.45, 7) is 10.4. The molecule has 0 aliphatic heterocycles. The van der Waals surface area contributed by atoms with Gasteiger partial charge < -0.3 is 14.9 Å². The number of nitrogens with two attached hydrogens (primary N) is 1. The molecule has 0 spiro atoms. The first kappa shape index (κ1) is 15.2. The lowest BCUT2D eigenvalue weighted by atomic mass is 10.1. The fourth-order valence-electron chi connectivity index (χ4n) is 2.53. The molecule has 118 valence electrons. The highest BCUT2D eigenvalue weighted by molar-refractivity contribution is 5.75. The lowest BCUT2D eigenvalue weighted by Gasteiger charge is -2.06. The summed E-state index contributed by atoms with van der Waals surface area (Å²) in [4.78, 5) is 4.73. The molecule has 0 bridgehead atoms. The van der Waals surface area contributed by atoms with Crippen molar-refractivity contribution in [2.75, 3.05) is 12.3 Å². The normalized spacial score (nSPS) is 10.9. The molecule has 0 saturated carbocycles. The largest absolute Gasteiger partial charge is 0.489 e. The van der Waals surface area contributed by atoms with Crippen LogP contribution in [0.2, 0.25) is 0 Å². The summed E-state index contributed by atoms with van der Waals surface area (Å²) >= 11 is 0. The SMILES string of the molecule is C=C(C)COc1ccc(-c2nc3c(N)c(C)ccn3c2C)cc1. The third-order valence-electron chi connectivity index (χ3n) is 3.90. The first-order valence-electron chi connectivity index (χ1n) is 7.58. The Morgan fingerprint density at radius 1 is 1.22 bits per heavy atom. The molecule has 0 saturated heterocycles. The van der Waals surface area contributed by atoms with Crippen molar-refractivity contribution in [3.63, 3.8) is 0 Å². The van der Waals surface area contributed by atoms with Crippen LogP contribution in [0.3, 0.4) is 0 Å². The van der Waals surface area contributed by atoms with Gasteiger partial charge in [-0.15, -0.1) is 0 Å². The van der Waals surface area contributed by atoms with E-state index in [1.807, 2.05) is 54.8 Å². The molecule has 4 heteroatoms. The number of nitrogen functional groups attached to an aromatic ring is 1. The average molecular weight is 307 g/mol. The second-order valence-corrected chi connectivity index (χ2v) is 5.92. The maximum absolute atomic E-state index is 6.16. The quantitative estimate of drug-likeness (QED) is 0.736. The second-order valence-electron chi connectivity index (χ2n) is 5.92. The number of fused-ring (bicyclic) bond motifs is 1. The number of aryl methyl sites for hydroxylation is 2. The van der Waals surface area contributed by atoms with Crippen molar-refractivity contribution in [3.8, 4) is 17.0 Å². The van der Waals surface area contributed by atoms with Gasteiger partial charge in [-0.1, -0.05) is 6.58 Å². The van der Waals surface area contributed by atoms with Crippen LogP contribution in [0, 0.1) is 13.8 Å². The Morgan fingerprint density at radius 2 is 1.91 bits per heavy atom. The number of rotatable bonds is 4. The Morgan fingerprint density at radius 3 is 2.57 bits per heavy atom. The zero-order valence-electron chi connectivity index (χ0n) is 13.8. The molecule has 2 aromatic heterocycles. The molecule has 23 heavy (non-hydrogen) atoms. The molecule has 0 unspecified atom stereocenters. The van der Waals surface area contributed by atoms with E-state index in [1.165, 1.54) is 0 Å². The van der Waals surface area contributed by atoms with Crippen LogP contribution in [0.15, 0.2) is 48.7 Å². The van der Waals surface area contributed by atoms with Crippen LogP contribution < -0.4 is 10.5 Å². The molecule has 0 amide bonds. The van der Waals surface area contributed by atoms with Crippen molar-refractivity contribution >= 4 is 11.3 Å². The zero-order chi connectivity index (χ0) is 16.6. The van der Waals surface area contributed by atoms with Gasteiger partial charge in [0.05, 0.1) is 11.4 Å². The number of pyridine rings is 1. The van der Waals surface area contributed by atoms with Gasteiger partial charge in [0, 0.05) is 17.5 Å². The number of anilines is 1. The van der Waals surface area contributed by atoms with Crippen molar-refractivity contribution < 1.29 is 4.74 Å². The lowest BCUT2D eigenvalue weighted by molar-refractivity contribution is 0.353. The van der Waals surface area contributed by atoms with Crippen LogP contribution >= 0.6 is 0 Å². The standard InChI is InChI=1S/C19H21N3O/c1-12(2)11-23-16-7-5-15(6-8-16)18-14(4)22-10-9-13(3)17(20)19(22)21-18/h5-10H,1,11,20H2,2-4H3. The van der Waals surface area contributed by atoms with Crippen molar-refractivity contribution in [1.29, 1.82) is 0 Å². The maximum Gasteiger partial charge on any atom is 0.161 e. The van der Waals surface area contributed by atoms with Gasteiger partial charge in [0.25, 0.3) is 0 Å². The van der Waals surface area contributed by atoms with Gasteiger partial charge in [-0.05, 0) is 62.2 Å². The van der Waals surface area contributed by atoms with E-state index in [0.29, 0.717) is 6.61 Å². The van der Waals surface area contributed by atoms with Crippen molar-refractivity contribution in [3.05, 3.63) is 59.9 Å². The van der Waals surface area contributed by atoms with Crippen LogP contribution in [0.25, 0.3) is 16.9 Å². The van der Waals surface area contributed by atoms with Gasteiger partial charge in [0.15, 0.2) is 5.65 Å². The molecule has 0 fully saturated rings. The summed E-state index contributed by atoms with van der Waals surface area (Å²) in [5.41, 5.74) is 12.8. The van der Waals surface area contributed by atoms with E-state index in [0.717, 1.165) is 45.2 Å². The fraction of sp³-hybridized carbons (Fsp3) is 0.211. The highest BCUT2D eigenvalue weighted by atomic mass is 16.5. The molecule has 3 aromatic rings. The summed E-state index contributed by atoms with van der Waals surface area (Å²) in [6.07, 6.45) is 2.01. The van der Waals surface area contributed by atoms with E-state index in [-0.39, 0.29) is 0 Å². The Labute approximate surface area is 136 Å². The molecule has 3 rings (SSSR count). The first-order valence-corrected chi connectivity index (χ1v) is 7.58. The first-order chi connectivity index (χ1) is 11.0. The molecule has 4 nitrogen and oxygen atoms in total. The minimum absolute atomic E-state index is 0.530. The minimum Gasteiger partial charge on any atom is -0.489 e. The van der Waals surface area contributed by atoms with Gasteiger partial charge in [-0.2, -0.15) is 0 Å².